The summed E-state index contributed by atoms with van der Waals surface area (Å²) in [4.78, 5) is 14.0. The van der Waals surface area contributed by atoms with Crippen molar-refractivity contribution in [2.75, 3.05) is 26.2 Å². The molecule has 6 nitrogen and oxygen atoms in total. The lowest BCUT2D eigenvalue weighted by molar-refractivity contribution is -0.127. The van der Waals surface area contributed by atoms with Crippen molar-refractivity contribution in [3.8, 4) is 0 Å². The summed E-state index contributed by atoms with van der Waals surface area (Å²) in [7, 11) is -3.68. The quantitative estimate of drug-likeness (QED) is 0.699. The first-order chi connectivity index (χ1) is 12.8. The lowest BCUT2D eigenvalue weighted by Crippen LogP contribution is -2.50. The first-order valence-electron chi connectivity index (χ1n) is 8.26. The standard InChI is InChI=1S/C18H18Cl2N2O4S/c1-13-2-3-14(26-13)4-7-18(23)21-8-10-22(11-9-21)27(24,25)15-5-6-16(19)17(20)12-15/h2-7,12H,8-11H2,1H3/b7-4+. The number of hydrogen-bond acceptors (Lipinski definition) is 4. The maximum absolute atomic E-state index is 12.7. The van der Waals surface area contributed by atoms with Gasteiger partial charge >= 0.3 is 0 Å². The molecule has 27 heavy (non-hydrogen) atoms. The zero-order valence-electron chi connectivity index (χ0n) is 14.6. The molecule has 2 heterocycles. The number of amides is 1. The van der Waals surface area contributed by atoms with Crippen LogP contribution in [0.25, 0.3) is 6.08 Å². The van der Waals surface area contributed by atoms with Gasteiger partial charge < -0.3 is 9.32 Å². The summed E-state index contributed by atoms with van der Waals surface area (Å²) >= 11 is 11.8. The number of hydrogen-bond donors (Lipinski definition) is 0. The molecular formula is C18H18Cl2N2O4S. The first kappa shape index (κ1) is 19.9. The Kier molecular flexibility index (Phi) is 5.95. The monoisotopic (exact) mass is 428 g/mol. The number of carbonyl (C=O) groups excluding carboxylic acids is 1. The first-order valence-corrected chi connectivity index (χ1v) is 10.5. The fourth-order valence-electron chi connectivity index (χ4n) is 2.74. The van der Waals surface area contributed by atoms with Gasteiger partial charge in [-0.05, 0) is 43.3 Å². The number of furan rings is 1. The number of rotatable bonds is 4. The largest absolute Gasteiger partial charge is 0.462 e. The number of benzene rings is 1. The van der Waals surface area contributed by atoms with Crippen molar-refractivity contribution in [3.63, 3.8) is 0 Å². The fraction of sp³-hybridized carbons (Fsp3) is 0.278. The maximum Gasteiger partial charge on any atom is 0.246 e. The average Bonchev–Trinajstić information content (AvgIpc) is 3.07. The lowest BCUT2D eigenvalue weighted by Gasteiger charge is -2.33. The van der Waals surface area contributed by atoms with E-state index in [1.807, 2.05) is 13.0 Å². The highest BCUT2D eigenvalue weighted by Crippen LogP contribution is 2.27. The Morgan fingerprint density at radius 2 is 1.78 bits per heavy atom. The van der Waals surface area contributed by atoms with Crippen LogP contribution in [0, 0.1) is 6.92 Å². The topological polar surface area (TPSA) is 70.8 Å². The molecule has 1 saturated heterocycles. The van der Waals surface area contributed by atoms with Crippen molar-refractivity contribution >= 4 is 45.2 Å². The van der Waals surface area contributed by atoms with Crippen LogP contribution in [0.2, 0.25) is 10.0 Å². The SMILES string of the molecule is Cc1ccc(/C=C/C(=O)N2CCN(S(=O)(=O)c3ccc(Cl)c(Cl)c3)CC2)o1. The van der Waals surface area contributed by atoms with Gasteiger partial charge in [0.25, 0.3) is 0 Å². The summed E-state index contributed by atoms with van der Waals surface area (Å²) < 4.78 is 32.2. The zero-order chi connectivity index (χ0) is 19.6. The third-order valence-electron chi connectivity index (χ3n) is 4.23. The zero-order valence-corrected chi connectivity index (χ0v) is 16.9. The van der Waals surface area contributed by atoms with E-state index in [-0.39, 0.29) is 28.9 Å². The molecule has 0 atom stereocenters. The molecule has 0 bridgehead atoms. The van der Waals surface area contributed by atoms with Crippen LogP contribution < -0.4 is 0 Å². The normalized spacial score (nSPS) is 16.2. The number of aryl methyl sites for hydroxylation is 1. The summed E-state index contributed by atoms with van der Waals surface area (Å²) in [5, 5.41) is 0.481. The minimum Gasteiger partial charge on any atom is -0.462 e. The van der Waals surface area contributed by atoms with E-state index in [0.29, 0.717) is 23.9 Å². The molecule has 1 fully saturated rings. The molecule has 1 aliphatic rings. The molecule has 3 rings (SSSR count). The van der Waals surface area contributed by atoms with Gasteiger partial charge in [-0.1, -0.05) is 23.2 Å². The van der Waals surface area contributed by atoms with Crippen LogP contribution in [0.3, 0.4) is 0 Å². The predicted octanol–water partition coefficient (Wildman–Crippen LogP) is 3.44. The van der Waals surface area contributed by atoms with E-state index in [1.54, 1.807) is 17.0 Å². The summed E-state index contributed by atoms with van der Waals surface area (Å²) in [6.07, 6.45) is 3.04. The molecule has 9 heteroatoms. The maximum atomic E-state index is 12.7. The van der Waals surface area contributed by atoms with Crippen LogP contribution in [0.4, 0.5) is 0 Å². The second-order valence-electron chi connectivity index (χ2n) is 6.09. The van der Waals surface area contributed by atoms with E-state index in [9.17, 15) is 13.2 Å². The summed E-state index contributed by atoms with van der Waals surface area (Å²) in [6, 6.07) is 7.81. The molecule has 1 aliphatic heterocycles. The van der Waals surface area contributed by atoms with E-state index >= 15 is 0 Å². The van der Waals surface area contributed by atoms with E-state index in [0.717, 1.165) is 5.76 Å². The third-order valence-corrected chi connectivity index (χ3v) is 6.86. The second kappa shape index (κ2) is 8.06. The van der Waals surface area contributed by atoms with E-state index < -0.39 is 10.0 Å². The Morgan fingerprint density at radius 3 is 2.37 bits per heavy atom. The van der Waals surface area contributed by atoms with Crippen molar-refractivity contribution in [2.24, 2.45) is 0 Å². The summed E-state index contributed by atoms with van der Waals surface area (Å²) in [5.41, 5.74) is 0. The smallest absolute Gasteiger partial charge is 0.246 e. The van der Waals surface area contributed by atoms with Crippen LogP contribution in [0.1, 0.15) is 11.5 Å². The minimum atomic E-state index is -3.68. The van der Waals surface area contributed by atoms with Gasteiger partial charge in [-0.25, -0.2) is 8.42 Å². The molecule has 1 aromatic carbocycles. The fourth-order valence-corrected chi connectivity index (χ4v) is 4.55. The molecule has 2 aromatic rings. The number of piperazine rings is 1. The number of sulfonamides is 1. The molecule has 1 aromatic heterocycles. The molecule has 0 radical (unpaired) electrons. The van der Waals surface area contributed by atoms with Crippen LogP contribution in [-0.2, 0) is 14.8 Å². The van der Waals surface area contributed by atoms with Gasteiger partial charge in [0.2, 0.25) is 15.9 Å². The molecule has 0 spiro atoms. The molecule has 0 unspecified atom stereocenters. The molecule has 0 saturated carbocycles. The van der Waals surface area contributed by atoms with E-state index in [4.69, 9.17) is 27.6 Å². The van der Waals surface area contributed by atoms with Crippen LogP contribution in [-0.4, -0.2) is 49.7 Å². The molecular weight excluding hydrogens is 411 g/mol. The average molecular weight is 429 g/mol. The molecule has 0 N–H and O–H groups in total. The van der Waals surface area contributed by atoms with Crippen molar-refractivity contribution in [1.82, 2.24) is 9.21 Å². The molecule has 0 aliphatic carbocycles. The van der Waals surface area contributed by atoms with Crippen LogP contribution in [0.15, 0.2) is 45.7 Å². The van der Waals surface area contributed by atoms with Gasteiger partial charge in [-0.3, -0.25) is 4.79 Å². The molecule has 144 valence electrons. The Bertz CT molecular complexity index is 977. The number of nitrogens with zero attached hydrogens (tertiary/aromatic N) is 2. The van der Waals surface area contributed by atoms with E-state index in [1.165, 1.54) is 28.6 Å². The van der Waals surface area contributed by atoms with Gasteiger partial charge in [-0.15, -0.1) is 0 Å². The Hall–Kier alpha value is -1.80. The summed E-state index contributed by atoms with van der Waals surface area (Å²) in [6.45, 7) is 2.86. The highest BCUT2D eigenvalue weighted by Gasteiger charge is 2.29. The van der Waals surface area contributed by atoms with Gasteiger partial charge in [-0.2, -0.15) is 4.31 Å². The highest BCUT2D eigenvalue weighted by molar-refractivity contribution is 7.89. The van der Waals surface area contributed by atoms with Gasteiger partial charge in [0.1, 0.15) is 11.5 Å². The van der Waals surface area contributed by atoms with E-state index in [2.05, 4.69) is 0 Å². The second-order valence-corrected chi connectivity index (χ2v) is 8.84. The van der Waals surface area contributed by atoms with Crippen molar-refractivity contribution in [1.29, 1.82) is 0 Å². The van der Waals surface area contributed by atoms with Gasteiger partial charge in [0, 0.05) is 32.3 Å². The Morgan fingerprint density at radius 1 is 1.07 bits per heavy atom. The predicted molar refractivity (Wildman–Crippen MR) is 104 cm³/mol. The van der Waals surface area contributed by atoms with Crippen molar-refractivity contribution in [3.05, 3.63) is 58.0 Å². The Labute approximate surface area is 168 Å². The lowest BCUT2D eigenvalue weighted by atomic mass is 10.3. The Balaban J connectivity index is 1.63. The van der Waals surface area contributed by atoms with Crippen LogP contribution in [0.5, 0.6) is 0 Å². The third kappa shape index (κ3) is 4.55. The van der Waals surface area contributed by atoms with Crippen LogP contribution >= 0.6 is 23.2 Å². The number of carbonyl (C=O) groups is 1. The molecule has 1 amide bonds. The van der Waals surface area contributed by atoms with Crippen molar-refractivity contribution < 1.29 is 17.6 Å². The van der Waals surface area contributed by atoms with Crippen molar-refractivity contribution in [2.45, 2.75) is 11.8 Å². The van der Waals surface area contributed by atoms with Gasteiger partial charge in [0.15, 0.2) is 0 Å². The minimum absolute atomic E-state index is 0.0877. The van der Waals surface area contributed by atoms with Gasteiger partial charge in [0.05, 0.1) is 14.9 Å². The number of halogens is 2. The summed E-state index contributed by atoms with van der Waals surface area (Å²) in [5.74, 6) is 1.18. The highest BCUT2D eigenvalue weighted by atomic mass is 35.5.